The largest absolute Gasteiger partial charge is 0.497 e. The summed E-state index contributed by atoms with van der Waals surface area (Å²) in [6.45, 7) is 5.05. The van der Waals surface area contributed by atoms with E-state index in [1.54, 1.807) is 36.4 Å². The fourth-order valence-electron chi connectivity index (χ4n) is 3.77. The van der Waals surface area contributed by atoms with Crippen molar-refractivity contribution < 1.29 is 24.0 Å². The number of carbonyl (C=O) groups excluding carboxylic acids is 2. The van der Waals surface area contributed by atoms with Gasteiger partial charge in [0.15, 0.2) is 6.61 Å². The molecular formula is C29H29N5O6. The number of ether oxygens (including phenoxy) is 2. The molecule has 0 unspecified atom stereocenters. The number of methoxy groups -OCH3 is 1. The number of benzene rings is 3. The average molecular weight is 544 g/mol. The van der Waals surface area contributed by atoms with E-state index in [9.17, 15) is 25.0 Å². The SMILES string of the molecule is CCN(CC)c1ccc(/C=C(\C#N)C(=O)Nc2ccc(OC)cc2)c(OCC(=O)Nc2cccc([N+](=O)[O-])c2)c1. The zero-order chi connectivity index (χ0) is 29.1. The summed E-state index contributed by atoms with van der Waals surface area (Å²) in [6.07, 6.45) is 1.39. The third-order valence-corrected chi connectivity index (χ3v) is 5.84. The number of nitriles is 1. The Labute approximate surface area is 231 Å². The highest BCUT2D eigenvalue weighted by Crippen LogP contribution is 2.28. The van der Waals surface area contributed by atoms with Crippen molar-refractivity contribution in [3.05, 3.63) is 88.0 Å². The van der Waals surface area contributed by atoms with Crippen LogP contribution in [-0.4, -0.2) is 43.5 Å². The van der Waals surface area contributed by atoms with Gasteiger partial charge in [-0.25, -0.2) is 0 Å². The minimum absolute atomic E-state index is 0.157. The summed E-state index contributed by atoms with van der Waals surface area (Å²) in [4.78, 5) is 38.0. The summed E-state index contributed by atoms with van der Waals surface area (Å²) in [5.74, 6) is -0.251. The Morgan fingerprint density at radius 3 is 2.38 bits per heavy atom. The molecule has 0 aliphatic carbocycles. The summed E-state index contributed by atoms with van der Waals surface area (Å²) < 4.78 is 10.9. The molecular weight excluding hydrogens is 514 g/mol. The van der Waals surface area contributed by atoms with E-state index >= 15 is 0 Å². The number of non-ortho nitro benzene ring substituents is 1. The second-order valence-electron chi connectivity index (χ2n) is 8.39. The zero-order valence-electron chi connectivity index (χ0n) is 22.3. The van der Waals surface area contributed by atoms with Gasteiger partial charge in [-0.3, -0.25) is 19.7 Å². The van der Waals surface area contributed by atoms with Gasteiger partial charge in [0.1, 0.15) is 23.1 Å². The number of amides is 2. The van der Waals surface area contributed by atoms with Crippen molar-refractivity contribution in [2.24, 2.45) is 0 Å². The van der Waals surface area contributed by atoms with Gasteiger partial charge in [-0.15, -0.1) is 0 Å². The van der Waals surface area contributed by atoms with Crippen LogP contribution in [0.25, 0.3) is 6.08 Å². The molecule has 206 valence electrons. The predicted molar refractivity (Wildman–Crippen MR) is 152 cm³/mol. The van der Waals surface area contributed by atoms with E-state index in [0.29, 0.717) is 17.0 Å². The van der Waals surface area contributed by atoms with Crippen LogP contribution in [0.4, 0.5) is 22.7 Å². The maximum absolute atomic E-state index is 12.8. The summed E-state index contributed by atoms with van der Waals surface area (Å²) in [5, 5.41) is 26.0. The average Bonchev–Trinajstić information content (AvgIpc) is 2.96. The number of nitro benzene ring substituents is 1. The third kappa shape index (κ3) is 7.82. The molecule has 2 amide bonds. The van der Waals surface area contributed by atoms with Crippen LogP contribution in [0.5, 0.6) is 11.5 Å². The standard InChI is InChI=1S/C29H29N5O6/c1-4-33(5-2)24-12-9-20(15-21(18-30)29(36)32-22-10-13-26(39-3)14-11-22)27(17-24)40-19-28(35)31-23-7-6-8-25(16-23)34(37)38/h6-17H,4-5,19H2,1-3H3,(H,31,35)(H,32,36)/b21-15+. The Hall–Kier alpha value is -5.37. The zero-order valence-corrected chi connectivity index (χ0v) is 22.3. The third-order valence-electron chi connectivity index (χ3n) is 5.84. The first-order valence-corrected chi connectivity index (χ1v) is 12.4. The van der Waals surface area contributed by atoms with Gasteiger partial charge in [0.25, 0.3) is 17.5 Å². The van der Waals surface area contributed by atoms with Gasteiger partial charge in [-0.2, -0.15) is 5.26 Å². The van der Waals surface area contributed by atoms with E-state index in [-0.39, 0.29) is 22.7 Å². The van der Waals surface area contributed by atoms with E-state index in [4.69, 9.17) is 9.47 Å². The highest BCUT2D eigenvalue weighted by molar-refractivity contribution is 6.09. The Kier molecular flexibility index (Phi) is 10.2. The highest BCUT2D eigenvalue weighted by atomic mass is 16.6. The second-order valence-corrected chi connectivity index (χ2v) is 8.39. The fraction of sp³-hybridized carbons (Fsp3) is 0.207. The first kappa shape index (κ1) is 29.2. The van der Waals surface area contributed by atoms with E-state index in [1.807, 2.05) is 26.0 Å². The van der Waals surface area contributed by atoms with Gasteiger partial charge >= 0.3 is 0 Å². The molecule has 0 aliphatic heterocycles. The van der Waals surface area contributed by atoms with Gasteiger partial charge < -0.3 is 25.0 Å². The van der Waals surface area contributed by atoms with E-state index < -0.39 is 23.3 Å². The van der Waals surface area contributed by atoms with Crippen LogP contribution in [0.1, 0.15) is 19.4 Å². The van der Waals surface area contributed by atoms with Gasteiger partial charge in [-0.1, -0.05) is 6.07 Å². The molecule has 0 saturated carbocycles. The van der Waals surface area contributed by atoms with Gasteiger partial charge in [0.2, 0.25) is 0 Å². The Bertz CT molecular complexity index is 1440. The maximum Gasteiger partial charge on any atom is 0.271 e. The van der Waals surface area contributed by atoms with Crippen LogP contribution < -0.4 is 25.0 Å². The van der Waals surface area contributed by atoms with Crippen LogP contribution >= 0.6 is 0 Å². The molecule has 40 heavy (non-hydrogen) atoms. The van der Waals surface area contributed by atoms with E-state index in [2.05, 4.69) is 15.5 Å². The lowest BCUT2D eigenvalue weighted by molar-refractivity contribution is -0.384. The second kappa shape index (κ2) is 14.0. The fourth-order valence-corrected chi connectivity index (χ4v) is 3.77. The summed E-state index contributed by atoms with van der Waals surface area (Å²) in [7, 11) is 1.53. The lowest BCUT2D eigenvalue weighted by Gasteiger charge is -2.22. The topological polar surface area (TPSA) is 147 Å². The smallest absolute Gasteiger partial charge is 0.271 e. The predicted octanol–water partition coefficient (Wildman–Crippen LogP) is 5.01. The molecule has 0 heterocycles. The molecule has 11 heteroatoms. The van der Waals surface area contributed by atoms with Crippen molar-refractivity contribution in [1.29, 1.82) is 5.26 Å². The Balaban J connectivity index is 1.84. The molecule has 3 rings (SSSR count). The van der Waals surface area contributed by atoms with Crippen molar-refractivity contribution in [2.45, 2.75) is 13.8 Å². The summed E-state index contributed by atoms with van der Waals surface area (Å²) >= 11 is 0. The van der Waals surface area contributed by atoms with Crippen molar-refractivity contribution >= 4 is 40.6 Å². The minimum Gasteiger partial charge on any atom is -0.497 e. The van der Waals surface area contributed by atoms with Crippen molar-refractivity contribution in [1.82, 2.24) is 0 Å². The van der Waals surface area contributed by atoms with Gasteiger partial charge in [0.05, 0.1) is 12.0 Å². The molecule has 3 aromatic rings. The number of nitrogens with one attached hydrogen (secondary N) is 2. The Morgan fingerprint density at radius 1 is 1.02 bits per heavy atom. The molecule has 0 aromatic heterocycles. The number of nitro groups is 1. The van der Waals surface area contributed by atoms with Crippen LogP contribution in [-0.2, 0) is 9.59 Å². The molecule has 0 bridgehead atoms. The van der Waals surface area contributed by atoms with Crippen molar-refractivity contribution in [2.75, 3.05) is 42.3 Å². The van der Waals surface area contributed by atoms with Gasteiger partial charge in [0, 0.05) is 53.9 Å². The normalized spacial score (nSPS) is 10.7. The molecule has 0 aliphatic rings. The molecule has 2 N–H and O–H groups in total. The first-order valence-electron chi connectivity index (χ1n) is 12.4. The van der Waals surface area contributed by atoms with Gasteiger partial charge in [-0.05, 0) is 62.4 Å². The Morgan fingerprint density at radius 2 is 1.75 bits per heavy atom. The molecule has 0 spiro atoms. The van der Waals surface area contributed by atoms with Crippen molar-refractivity contribution in [3.8, 4) is 17.6 Å². The summed E-state index contributed by atoms with van der Waals surface area (Å²) in [6, 6.07) is 19.4. The number of hydrogen-bond acceptors (Lipinski definition) is 8. The van der Waals surface area contributed by atoms with E-state index in [0.717, 1.165) is 18.8 Å². The van der Waals surface area contributed by atoms with Crippen LogP contribution in [0.2, 0.25) is 0 Å². The molecule has 11 nitrogen and oxygen atoms in total. The number of nitrogens with zero attached hydrogens (tertiary/aromatic N) is 3. The molecule has 0 saturated heterocycles. The number of hydrogen-bond donors (Lipinski definition) is 2. The van der Waals surface area contributed by atoms with Crippen LogP contribution in [0.15, 0.2) is 72.3 Å². The van der Waals surface area contributed by atoms with Crippen molar-refractivity contribution in [3.63, 3.8) is 0 Å². The molecule has 0 fully saturated rings. The number of carbonyl (C=O) groups is 2. The number of rotatable bonds is 12. The first-order chi connectivity index (χ1) is 19.3. The minimum atomic E-state index is -0.616. The lowest BCUT2D eigenvalue weighted by Crippen LogP contribution is -2.23. The molecule has 3 aromatic carbocycles. The summed E-state index contributed by atoms with van der Waals surface area (Å²) in [5.41, 5.74) is 1.66. The lowest BCUT2D eigenvalue weighted by atomic mass is 10.1. The quantitative estimate of drug-likeness (QED) is 0.140. The van der Waals surface area contributed by atoms with Crippen LogP contribution in [0.3, 0.4) is 0 Å². The van der Waals surface area contributed by atoms with Crippen LogP contribution in [0, 0.1) is 21.4 Å². The number of anilines is 3. The molecule has 0 radical (unpaired) electrons. The maximum atomic E-state index is 12.8. The highest BCUT2D eigenvalue weighted by Gasteiger charge is 2.15. The monoisotopic (exact) mass is 543 g/mol. The van der Waals surface area contributed by atoms with E-state index in [1.165, 1.54) is 37.5 Å². The molecule has 0 atom stereocenters.